The Morgan fingerprint density at radius 3 is 2.94 bits per heavy atom. The van der Waals surface area contributed by atoms with Crippen LogP contribution < -0.4 is 21.2 Å². The Morgan fingerprint density at radius 1 is 1.29 bits per heavy atom. The van der Waals surface area contributed by atoms with E-state index in [-0.39, 0.29) is 22.8 Å². The molecule has 0 bridgehead atoms. The number of nitrogens with zero attached hydrogens (tertiary/aromatic N) is 4. The third-order valence-electron chi connectivity index (χ3n) is 4.98. The molecule has 0 aliphatic carbocycles. The molecule has 158 valence electrons. The normalized spacial score (nSPS) is 11.1. The fraction of sp³-hybridized carbons (Fsp3) is 0.227. The lowest BCUT2D eigenvalue weighted by molar-refractivity contribution is -0.649. The molecular formula is C22H23N6O3+. The summed E-state index contributed by atoms with van der Waals surface area (Å²) >= 11 is 0. The summed E-state index contributed by atoms with van der Waals surface area (Å²) in [5, 5.41) is 3.14. The highest BCUT2D eigenvalue weighted by Crippen LogP contribution is 2.15. The largest absolute Gasteiger partial charge is 0.385 e. The summed E-state index contributed by atoms with van der Waals surface area (Å²) in [6.07, 6.45) is 5.71. The zero-order valence-corrected chi connectivity index (χ0v) is 17.1. The highest BCUT2D eigenvalue weighted by molar-refractivity contribution is 6.00. The fourth-order valence-corrected chi connectivity index (χ4v) is 3.43. The van der Waals surface area contributed by atoms with Crippen LogP contribution in [0.4, 0.5) is 5.82 Å². The second-order valence-corrected chi connectivity index (χ2v) is 7.08. The van der Waals surface area contributed by atoms with Crippen molar-refractivity contribution in [3.8, 4) is 0 Å². The minimum absolute atomic E-state index is 0.226. The van der Waals surface area contributed by atoms with Crippen molar-refractivity contribution in [1.82, 2.24) is 19.7 Å². The lowest BCUT2D eigenvalue weighted by atomic mass is 10.1. The van der Waals surface area contributed by atoms with Gasteiger partial charge in [-0.1, -0.05) is 17.1 Å². The van der Waals surface area contributed by atoms with Crippen molar-refractivity contribution >= 4 is 28.4 Å². The van der Waals surface area contributed by atoms with E-state index >= 15 is 0 Å². The number of hydrogen-bond acceptors (Lipinski definition) is 6. The monoisotopic (exact) mass is 419 g/mol. The molecule has 0 radical (unpaired) electrons. The minimum atomic E-state index is -0.354. The number of carbonyl (C=O) groups is 1. The van der Waals surface area contributed by atoms with E-state index in [9.17, 15) is 9.59 Å². The standard InChI is InChI=1S/C22H22N6O3/c1-31-11-5-9-25-21(29)16-12-17-20(26-18-7-2-3-10-27(18)22(17)30)28(19(16)23)14-15-6-4-8-24-13-15/h2-4,6-8,10,12-13,23H,5,9,11,14H2,1H3,(H,25,29)/p+1. The van der Waals surface area contributed by atoms with Gasteiger partial charge in [0.05, 0.1) is 6.54 Å². The number of methoxy groups -OCH3 is 1. The number of anilines is 1. The first kappa shape index (κ1) is 20.4. The van der Waals surface area contributed by atoms with E-state index in [4.69, 9.17) is 10.5 Å². The van der Waals surface area contributed by atoms with Crippen LogP contribution in [0.3, 0.4) is 0 Å². The number of fused-ring (bicyclic) bond motifs is 2. The molecule has 4 aromatic heterocycles. The molecule has 4 rings (SSSR count). The Morgan fingerprint density at radius 2 is 2.16 bits per heavy atom. The topological polar surface area (TPSA) is 115 Å². The van der Waals surface area contributed by atoms with Gasteiger partial charge in [-0.2, -0.15) is 0 Å². The molecule has 0 unspecified atom stereocenters. The highest BCUT2D eigenvalue weighted by Gasteiger charge is 2.24. The molecular weight excluding hydrogens is 396 g/mol. The zero-order chi connectivity index (χ0) is 21.8. The number of amides is 1. The molecule has 1 amide bonds. The first-order chi connectivity index (χ1) is 15.1. The quantitative estimate of drug-likeness (QED) is 0.262. The van der Waals surface area contributed by atoms with Gasteiger partial charge in [0.25, 0.3) is 17.1 Å². The molecule has 4 heterocycles. The van der Waals surface area contributed by atoms with Gasteiger partial charge >= 0.3 is 0 Å². The molecule has 0 fully saturated rings. The van der Waals surface area contributed by atoms with Crippen molar-refractivity contribution in [2.75, 3.05) is 26.0 Å². The Kier molecular flexibility index (Phi) is 5.85. The van der Waals surface area contributed by atoms with E-state index in [1.807, 2.05) is 18.2 Å². The van der Waals surface area contributed by atoms with Gasteiger partial charge in [-0.25, -0.2) is 4.57 Å². The average Bonchev–Trinajstić information content (AvgIpc) is 2.79. The van der Waals surface area contributed by atoms with Crippen LogP contribution >= 0.6 is 0 Å². The summed E-state index contributed by atoms with van der Waals surface area (Å²) in [6.45, 7) is 1.28. The summed E-state index contributed by atoms with van der Waals surface area (Å²) < 4.78 is 8.15. The molecule has 9 heteroatoms. The second-order valence-electron chi connectivity index (χ2n) is 7.08. The van der Waals surface area contributed by atoms with E-state index < -0.39 is 0 Å². The van der Waals surface area contributed by atoms with E-state index in [1.165, 1.54) is 10.5 Å². The first-order valence-electron chi connectivity index (χ1n) is 9.89. The number of pyridine rings is 3. The van der Waals surface area contributed by atoms with Gasteiger partial charge in [0, 0.05) is 44.4 Å². The number of nitrogen functional groups attached to an aromatic ring is 1. The van der Waals surface area contributed by atoms with Gasteiger partial charge in [0.15, 0.2) is 0 Å². The van der Waals surface area contributed by atoms with Gasteiger partial charge in [-0.15, -0.1) is 0 Å². The highest BCUT2D eigenvalue weighted by atomic mass is 16.5. The number of hydrogen-bond donors (Lipinski definition) is 2. The Labute approximate surface area is 178 Å². The van der Waals surface area contributed by atoms with Crippen LogP contribution in [0.1, 0.15) is 22.3 Å². The predicted octanol–water partition coefficient (Wildman–Crippen LogP) is 0.927. The lowest BCUT2D eigenvalue weighted by Crippen LogP contribution is -2.43. The average molecular weight is 419 g/mol. The minimum Gasteiger partial charge on any atom is -0.385 e. The summed E-state index contributed by atoms with van der Waals surface area (Å²) in [5.74, 6) is -0.124. The van der Waals surface area contributed by atoms with Crippen LogP contribution in [0.15, 0.2) is 59.8 Å². The smallest absolute Gasteiger partial charge is 0.278 e. The number of aromatic nitrogens is 4. The molecule has 0 saturated carbocycles. The van der Waals surface area contributed by atoms with E-state index in [0.717, 1.165) is 5.56 Å². The molecule has 0 saturated heterocycles. The number of rotatable bonds is 7. The van der Waals surface area contributed by atoms with Crippen LogP contribution in [0.2, 0.25) is 0 Å². The van der Waals surface area contributed by atoms with Crippen molar-refractivity contribution in [3.63, 3.8) is 0 Å². The van der Waals surface area contributed by atoms with Gasteiger partial charge in [0.2, 0.25) is 11.5 Å². The molecule has 0 spiro atoms. The van der Waals surface area contributed by atoms with E-state index in [0.29, 0.717) is 42.8 Å². The van der Waals surface area contributed by atoms with Crippen molar-refractivity contribution in [2.45, 2.75) is 13.0 Å². The van der Waals surface area contributed by atoms with Crippen LogP contribution in [0, 0.1) is 0 Å². The van der Waals surface area contributed by atoms with E-state index in [1.54, 1.807) is 42.4 Å². The third-order valence-corrected chi connectivity index (χ3v) is 4.98. The predicted molar refractivity (Wildman–Crippen MR) is 116 cm³/mol. The number of nitrogens with two attached hydrogens (primary N) is 1. The summed E-state index contributed by atoms with van der Waals surface area (Å²) in [5.41, 5.74) is 8.16. The maximum atomic E-state index is 13.2. The van der Waals surface area contributed by atoms with Crippen LogP contribution in [0.25, 0.3) is 16.7 Å². The summed E-state index contributed by atoms with van der Waals surface area (Å²) in [6, 6.07) is 10.6. The fourth-order valence-electron chi connectivity index (χ4n) is 3.43. The van der Waals surface area contributed by atoms with Crippen LogP contribution in [-0.2, 0) is 11.3 Å². The third kappa shape index (κ3) is 4.08. The number of carbonyl (C=O) groups excluding carboxylic acids is 1. The van der Waals surface area contributed by atoms with Crippen molar-refractivity contribution in [2.24, 2.45) is 0 Å². The number of nitrogens with one attached hydrogen (secondary N) is 1. The van der Waals surface area contributed by atoms with Crippen LogP contribution in [-0.4, -0.2) is 40.5 Å². The molecule has 0 atom stereocenters. The Hall–Kier alpha value is -3.85. The van der Waals surface area contributed by atoms with Crippen molar-refractivity contribution < 1.29 is 14.1 Å². The second kappa shape index (κ2) is 8.88. The zero-order valence-electron chi connectivity index (χ0n) is 17.1. The molecule has 0 aromatic carbocycles. The molecule has 0 aliphatic heterocycles. The van der Waals surface area contributed by atoms with Gasteiger partial charge < -0.3 is 15.8 Å². The SMILES string of the molecule is COCCCNC(=O)c1cc2c(=O)n3ccccc3nc2[n+](Cc2cccnc2)c1N. The molecule has 31 heavy (non-hydrogen) atoms. The van der Waals surface area contributed by atoms with Gasteiger partial charge in [-0.3, -0.25) is 19.0 Å². The molecule has 9 nitrogen and oxygen atoms in total. The summed E-state index contributed by atoms with van der Waals surface area (Å²) in [4.78, 5) is 34.9. The Bertz CT molecular complexity index is 1300. The molecule has 4 aromatic rings. The van der Waals surface area contributed by atoms with Gasteiger partial charge in [0.1, 0.15) is 10.9 Å². The lowest BCUT2D eigenvalue weighted by Gasteiger charge is -2.12. The summed E-state index contributed by atoms with van der Waals surface area (Å²) in [7, 11) is 1.61. The maximum Gasteiger partial charge on any atom is 0.278 e. The van der Waals surface area contributed by atoms with E-state index in [2.05, 4.69) is 15.3 Å². The molecule has 0 aliphatic rings. The van der Waals surface area contributed by atoms with Crippen LogP contribution in [0.5, 0.6) is 0 Å². The maximum absolute atomic E-state index is 13.2. The van der Waals surface area contributed by atoms with Crippen molar-refractivity contribution in [3.05, 3.63) is 76.5 Å². The van der Waals surface area contributed by atoms with Gasteiger partial charge in [-0.05, 0) is 30.7 Å². The number of ether oxygens (including phenoxy) is 1. The van der Waals surface area contributed by atoms with Crippen molar-refractivity contribution in [1.29, 1.82) is 0 Å². The molecule has 3 N–H and O–H groups in total. The first-order valence-corrected chi connectivity index (χ1v) is 9.89. The Balaban J connectivity index is 1.89.